The molecule has 0 bridgehead atoms. The van der Waals surface area contributed by atoms with E-state index in [1.165, 1.54) is 11.1 Å². The number of hydrogen-bond donors (Lipinski definition) is 1. The van der Waals surface area contributed by atoms with Gasteiger partial charge in [-0.25, -0.2) is 0 Å². The van der Waals surface area contributed by atoms with Crippen molar-refractivity contribution in [2.75, 3.05) is 6.61 Å². The molecule has 2 aromatic carbocycles. The minimum Gasteiger partial charge on any atom is -0.494 e. The SMILES string of the molecule is CCOc1ccc(-c2ccc(C3(O)CCC(C)CC3)cc2)cc1. The molecule has 0 heterocycles. The minimum absolute atomic E-state index is 0.635. The van der Waals surface area contributed by atoms with E-state index >= 15 is 0 Å². The molecule has 0 radical (unpaired) electrons. The zero-order valence-corrected chi connectivity index (χ0v) is 14.1. The summed E-state index contributed by atoms with van der Waals surface area (Å²) < 4.78 is 5.48. The molecule has 2 heteroatoms. The number of ether oxygens (including phenoxy) is 1. The maximum atomic E-state index is 10.9. The van der Waals surface area contributed by atoms with Gasteiger partial charge in [0.2, 0.25) is 0 Å². The molecule has 1 N–H and O–H groups in total. The van der Waals surface area contributed by atoms with Crippen LogP contribution in [0.4, 0.5) is 0 Å². The summed E-state index contributed by atoms with van der Waals surface area (Å²) in [4.78, 5) is 0. The van der Waals surface area contributed by atoms with Gasteiger partial charge in [-0.3, -0.25) is 0 Å². The molecule has 23 heavy (non-hydrogen) atoms. The van der Waals surface area contributed by atoms with Crippen molar-refractivity contribution in [2.45, 2.75) is 45.1 Å². The van der Waals surface area contributed by atoms with E-state index < -0.39 is 5.60 Å². The van der Waals surface area contributed by atoms with Crippen LogP contribution in [-0.4, -0.2) is 11.7 Å². The van der Waals surface area contributed by atoms with Gasteiger partial charge in [-0.2, -0.15) is 0 Å². The van der Waals surface area contributed by atoms with Crippen LogP contribution >= 0.6 is 0 Å². The molecule has 0 atom stereocenters. The van der Waals surface area contributed by atoms with Crippen LogP contribution in [0.2, 0.25) is 0 Å². The standard InChI is InChI=1S/C21H26O2/c1-3-23-20-10-6-18(7-11-20)17-4-8-19(9-5-17)21(22)14-12-16(2)13-15-21/h4-11,16,22H,3,12-15H2,1-2H3. The second kappa shape index (κ2) is 6.76. The first-order valence-electron chi connectivity index (χ1n) is 8.67. The molecule has 3 rings (SSSR count). The van der Waals surface area contributed by atoms with E-state index in [-0.39, 0.29) is 0 Å². The van der Waals surface area contributed by atoms with Crippen molar-refractivity contribution in [3.05, 3.63) is 54.1 Å². The molecule has 0 amide bonds. The molecular weight excluding hydrogens is 284 g/mol. The average molecular weight is 310 g/mol. The predicted octanol–water partition coefficient (Wildman–Crippen LogP) is 5.15. The van der Waals surface area contributed by atoms with Gasteiger partial charge in [-0.15, -0.1) is 0 Å². The van der Waals surface area contributed by atoms with Gasteiger partial charge in [0.1, 0.15) is 5.75 Å². The Morgan fingerprint density at radius 1 is 0.957 bits per heavy atom. The molecule has 2 nitrogen and oxygen atoms in total. The lowest BCUT2D eigenvalue weighted by Gasteiger charge is -2.35. The Labute approximate surface area is 139 Å². The first-order valence-corrected chi connectivity index (χ1v) is 8.67. The van der Waals surface area contributed by atoms with Crippen molar-refractivity contribution >= 4 is 0 Å². The first kappa shape index (κ1) is 16.1. The fourth-order valence-corrected chi connectivity index (χ4v) is 3.41. The van der Waals surface area contributed by atoms with Crippen molar-refractivity contribution in [2.24, 2.45) is 5.92 Å². The normalized spacial score (nSPS) is 24.4. The van der Waals surface area contributed by atoms with Crippen LogP contribution in [0.1, 0.15) is 45.1 Å². The maximum Gasteiger partial charge on any atom is 0.119 e. The summed E-state index contributed by atoms with van der Waals surface area (Å²) in [6.07, 6.45) is 3.96. The Bertz CT molecular complexity index is 620. The van der Waals surface area contributed by atoms with Gasteiger partial charge in [0.15, 0.2) is 0 Å². The van der Waals surface area contributed by atoms with E-state index in [1.807, 2.05) is 19.1 Å². The van der Waals surface area contributed by atoms with Gasteiger partial charge >= 0.3 is 0 Å². The topological polar surface area (TPSA) is 29.5 Å². The van der Waals surface area contributed by atoms with Crippen LogP contribution in [0.25, 0.3) is 11.1 Å². The molecule has 1 fully saturated rings. The van der Waals surface area contributed by atoms with Gasteiger partial charge in [0, 0.05) is 0 Å². The van der Waals surface area contributed by atoms with Crippen molar-refractivity contribution in [3.63, 3.8) is 0 Å². The number of hydrogen-bond acceptors (Lipinski definition) is 2. The predicted molar refractivity (Wildman–Crippen MR) is 94.6 cm³/mol. The number of aliphatic hydroxyl groups is 1. The van der Waals surface area contributed by atoms with Crippen molar-refractivity contribution in [1.82, 2.24) is 0 Å². The highest BCUT2D eigenvalue weighted by atomic mass is 16.5. The van der Waals surface area contributed by atoms with Gasteiger partial charge in [0.25, 0.3) is 0 Å². The fraction of sp³-hybridized carbons (Fsp3) is 0.429. The summed E-state index contributed by atoms with van der Waals surface area (Å²) in [5.41, 5.74) is 2.76. The van der Waals surface area contributed by atoms with E-state index in [2.05, 4.69) is 43.3 Å². The third kappa shape index (κ3) is 3.59. The Hall–Kier alpha value is -1.80. The van der Waals surface area contributed by atoms with Crippen molar-refractivity contribution < 1.29 is 9.84 Å². The molecule has 122 valence electrons. The van der Waals surface area contributed by atoms with Crippen LogP contribution in [0.3, 0.4) is 0 Å². The van der Waals surface area contributed by atoms with E-state index in [1.54, 1.807) is 0 Å². The molecule has 1 saturated carbocycles. The molecular formula is C21H26O2. The van der Waals surface area contributed by atoms with Gasteiger partial charge in [-0.05, 0) is 67.3 Å². The maximum absolute atomic E-state index is 10.9. The zero-order chi connectivity index (χ0) is 16.3. The molecule has 0 aromatic heterocycles. The molecule has 2 aromatic rings. The summed E-state index contributed by atoms with van der Waals surface area (Å²) in [5, 5.41) is 10.9. The molecule has 0 unspecified atom stereocenters. The quantitative estimate of drug-likeness (QED) is 0.846. The second-order valence-corrected chi connectivity index (χ2v) is 6.75. The second-order valence-electron chi connectivity index (χ2n) is 6.75. The summed E-state index contributed by atoms with van der Waals surface area (Å²) in [7, 11) is 0. The van der Waals surface area contributed by atoms with E-state index in [0.717, 1.165) is 42.9 Å². The Balaban J connectivity index is 1.76. The Morgan fingerprint density at radius 2 is 1.48 bits per heavy atom. The molecule has 0 saturated heterocycles. The number of rotatable bonds is 4. The average Bonchev–Trinajstić information content (AvgIpc) is 2.59. The highest BCUT2D eigenvalue weighted by Gasteiger charge is 2.33. The van der Waals surface area contributed by atoms with Gasteiger partial charge in [-0.1, -0.05) is 43.3 Å². The molecule has 0 aliphatic heterocycles. The summed E-state index contributed by atoms with van der Waals surface area (Å²) in [6.45, 7) is 4.95. The van der Waals surface area contributed by atoms with Crippen LogP contribution in [0.5, 0.6) is 5.75 Å². The third-order valence-electron chi connectivity index (χ3n) is 5.02. The van der Waals surface area contributed by atoms with Gasteiger partial charge < -0.3 is 9.84 Å². The van der Waals surface area contributed by atoms with Crippen molar-refractivity contribution in [3.8, 4) is 16.9 Å². The summed E-state index contributed by atoms with van der Waals surface area (Å²) in [5.74, 6) is 1.64. The minimum atomic E-state index is -0.635. The van der Waals surface area contributed by atoms with Crippen LogP contribution in [-0.2, 0) is 5.60 Å². The first-order chi connectivity index (χ1) is 11.1. The lowest BCUT2D eigenvalue weighted by atomic mass is 9.75. The van der Waals surface area contributed by atoms with E-state index in [0.29, 0.717) is 6.61 Å². The third-order valence-corrected chi connectivity index (χ3v) is 5.02. The highest BCUT2D eigenvalue weighted by molar-refractivity contribution is 5.64. The Kier molecular flexibility index (Phi) is 4.72. The highest BCUT2D eigenvalue weighted by Crippen LogP contribution is 2.39. The Morgan fingerprint density at radius 3 is 2.00 bits per heavy atom. The van der Waals surface area contributed by atoms with Crippen LogP contribution < -0.4 is 4.74 Å². The largest absolute Gasteiger partial charge is 0.494 e. The van der Waals surface area contributed by atoms with Crippen LogP contribution in [0, 0.1) is 5.92 Å². The van der Waals surface area contributed by atoms with E-state index in [4.69, 9.17) is 4.74 Å². The lowest BCUT2D eigenvalue weighted by molar-refractivity contribution is -0.0120. The zero-order valence-electron chi connectivity index (χ0n) is 14.1. The summed E-state index contributed by atoms with van der Waals surface area (Å²) in [6, 6.07) is 16.6. The molecule has 0 spiro atoms. The van der Waals surface area contributed by atoms with E-state index in [9.17, 15) is 5.11 Å². The van der Waals surface area contributed by atoms with Crippen molar-refractivity contribution in [1.29, 1.82) is 0 Å². The molecule has 1 aliphatic carbocycles. The smallest absolute Gasteiger partial charge is 0.119 e. The molecule has 1 aliphatic rings. The van der Waals surface area contributed by atoms with Crippen LogP contribution in [0.15, 0.2) is 48.5 Å². The fourth-order valence-electron chi connectivity index (χ4n) is 3.41. The van der Waals surface area contributed by atoms with Gasteiger partial charge in [0.05, 0.1) is 12.2 Å². The lowest BCUT2D eigenvalue weighted by Crippen LogP contribution is -2.30. The number of benzene rings is 2. The monoisotopic (exact) mass is 310 g/mol. The summed E-state index contributed by atoms with van der Waals surface area (Å²) >= 11 is 0.